The molecule has 0 aliphatic carbocycles. The van der Waals surface area contributed by atoms with E-state index >= 15 is 0 Å². The number of hydrogen-bond donors (Lipinski definition) is 1. The molecule has 3 rings (SSSR count). The Bertz CT molecular complexity index is 1160. The molecular weight excluding hydrogens is 531 g/mol. The number of carbonyl (C=O) groups excluding carboxylic acids is 3. The monoisotopic (exact) mass is 558 g/mol. The fourth-order valence-corrected chi connectivity index (χ4v) is 5.06. The number of nitrogens with one attached hydrogen (secondary N) is 1. The molecule has 0 spiro atoms. The van der Waals surface area contributed by atoms with E-state index in [1.807, 2.05) is 0 Å². The van der Waals surface area contributed by atoms with Gasteiger partial charge in [0.05, 0.1) is 0 Å². The van der Waals surface area contributed by atoms with Gasteiger partial charge in [-0.05, 0) is 36.1 Å². The second kappa shape index (κ2) is 12.6. The molecule has 2 amide bonds. The zero-order valence-electron chi connectivity index (χ0n) is 20.7. The highest BCUT2D eigenvalue weighted by atomic mass is 32.2. The average molecular weight is 559 g/mol. The van der Waals surface area contributed by atoms with Crippen LogP contribution in [0.15, 0.2) is 42.5 Å². The molecule has 1 aliphatic rings. The lowest BCUT2D eigenvalue weighted by Gasteiger charge is -2.26. The molecule has 0 bridgehead atoms. The predicted octanol–water partition coefficient (Wildman–Crippen LogP) is 5.35. The Kier molecular flexibility index (Phi) is 9.75. The third-order valence-corrected chi connectivity index (χ3v) is 7.04. The minimum atomic E-state index is -4.80. The van der Waals surface area contributed by atoms with Crippen LogP contribution in [0.1, 0.15) is 44.2 Å². The Balaban J connectivity index is 1.56. The van der Waals surface area contributed by atoms with Gasteiger partial charge in [-0.3, -0.25) is 14.4 Å². The lowest BCUT2D eigenvalue weighted by Crippen LogP contribution is -2.45. The lowest BCUT2D eigenvalue weighted by atomic mass is 10.0. The predicted molar refractivity (Wildman–Crippen MR) is 131 cm³/mol. The van der Waals surface area contributed by atoms with Crippen LogP contribution in [-0.2, 0) is 26.7 Å². The fraction of sp³-hybridized carbons (Fsp3) is 0.423. The van der Waals surface area contributed by atoms with Crippen molar-refractivity contribution in [2.24, 2.45) is 5.92 Å². The second-order valence-corrected chi connectivity index (χ2v) is 10.2. The first-order chi connectivity index (χ1) is 17.8. The summed E-state index contributed by atoms with van der Waals surface area (Å²) < 4.78 is 68.4. The van der Waals surface area contributed by atoms with Crippen molar-refractivity contribution >= 4 is 28.7 Å². The quantitative estimate of drug-likeness (QED) is 0.399. The number of amides is 2. The summed E-state index contributed by atoms with van der Waals surface area (Å²) >= 11 is 0.917. The highest BCUT2D eigenvalue weighted by Gasteiger charge is 2.34. The van der Waals surface area contributed by atoms with Crippen LogP contribution < -0.4 is 10.1 Å². The molecule has 0 unspecified atom stereocenters. The smallest absolute Gasteiger partial charge is 0.406 e. The van der Waals surface area contributed by atoms with Crippen LogP contribution in [0.4, 0.5) is 22.0 Å². The van der Waals surface area contributed by atoms with E-state index < -0.39 is 36.0 Å². The summed E-state index contributed by atoms with van der Waals surface area (Å²) in [5.74, 6) is -3.26. The van der Waals surface area contributed by atoms with E-state index in [1.165, 1.54) is 29.2 Å². The Morgan fingerprint density at radius 2 is 1.82 bits per heavy atom. The molecule has 206 valence electrons. The van der Waals surface area contributed by atoms with E-state index in [9.17, 15) is 36.3 Å². The number of thioether (sulfide) groups is 1. The zero-order chi connectivity index (χ0) is 28.0. The summed E-state index contributed by atoms with van der Waals surface area (Å²) in [5.41, 5.74) is 0.603. The number of halogens is 5. The Morgan fingerprint density at radius 1 is 1.13 bits per heavy atom. The standard InChI is InChI=1S/C26H27F5N2O4S/c1-15(2)24(25(36)38-14-16-6-9-19(10-7-16)37-26(29,30)31)32-21(34)12-18-8-11-22(35)33(18)13-17-4-3-5-20(27)23(17)28/h3-7,9-10,15,18,24H,8,11-14H2,1-2H3,(H,32,34)/t18-,24-/m0/s1. The molecule has 1 aliphatic heterocycles. The second-order valence-electron chi connectivity index (χ2n) is 9.22. The van der Waals surface area contributed by atoms with Crippen molar-refractivity contribution < 1.29 is 41.1 Å². The van der Waals surface area contributed by atoms with Gasteiger partial charge < -0.3 is 15.0 Å². The van der Waals surface area contributed by atoms with Crippen molar-refractivity contribution in [1.29, 1.82) is 0 Å². The van der Waals surface area contributed by atoms with E-state index in [-0.39, 0.29) is 53.4 Å². The summed E-state index contributed by atoms with van der Waals surface area (Å²) in [6.07, 6.45) is -4.37. The van der Waals surface area contributed by atoms with Gasteiger partial charge in [0.15, 0.2) is 11.6 Å². The molecule has 0 saturated carbocycles. The van der Waals surface area contributed by atoms with Gasteiger partial charge in [-0.15, -0.1) is 13.2 Å². The summed E-state index contributed by atoms with van der Waals surface area (Å²) in [7, 11) is 0. The largest absolute Gasteiger partial charge is 0.573 e. The van der Waals surface area contributed by atoms with E-state index in [0.29, 0.717) is 12.0 Å². The zero-order valence-corrected chi connectivity index (χ0v) is 21.5. The van der Waals surface area contributed by atoms with Crippen molar-refractivity contribution in [2.45, 2.75) is 63.9 Å². The molecule has 0 aromatic heterocycles. The molecule has 1 saturated heterocycles. The normalized spacial score (nSPS) is 16.6. The Labute approximate surface area is 220 Å². The number of hydrogen-bond acceptors (Lipinski definition) is 5. The fourth-order valence-electron chi connectivity index (χ4n) is 4.05. The van der Waals surface area contributed by atoms with Crippen LogP contribution in [0, 0.1) is 17.6 Å². The number of carbonyl (C=O) groups is 3. The first kappa shape index (κ1) is 29.4. The van der Waals surface area contributed by atoms with Crippen molar-refractivity contribution in [1.82, 2.24) is 10.2 Å². The number of nitrogens with zero attached hydrogens (tertiary/aromatic N) is 1. The van der Waals surface area contributed by atoms with E-state index in [2.05, 4.69) is 10.1 Å². The Morgan fingerprint density at radius 3 is 2.45 bits per heavy atom. The number of ether oxygens (including phenoxy) is 1. The van der Waals surface area contributed by atoms with Crippen molar-refractivity contribution in [2.75, 3.05) is 0 Å². The van der Waals surface area contributed by atoms with E-state index in [4.69, 9.17) is 0 Å². The first-order valence-electron chi connectivity index (χ1n) is 11.9. The maximum absolute atomic E-state index is 14.1. The van der Waals surface area contributed by atoms with Crippen LogP contribution >= 0.6 is 11.8 Å². The third kappa shape index (κ3) is 8.17. The number of rotatable bonds is 10. The SMILES string of the molecule is CC(C)[C@H](NC(=O)C[C@@H]1CCC(=O)N1Cc1cccc(F)c1F)C(=O)SCc1ccc(OC(F)(F)F)cc1. The number of likely N-dealkylation sites (tertiary alicyclic amines) is 1. The minimum Gasteiger partial charge on any atom is -0.406 e. The highest BCUT2D eigenvalue weighted by Crippen LogP contribution is 2.27. The maximum Gasteiger partial charge on any atom is 0.573 e. The summed E-state index contributed by atoms with van der Waals surface area (Å²) in [6, 6.07) is 7.47. The maximum atomic E-state index is 14.1. The van der Waals surface area contributed by atoms with Gasteiger partial charge in [-0.2, -0.15) is 0 Å². The van der Waals surface area contributed by atoms with Crippen molar-refractivity contribution in [3.05, 3.63) is 65.2 Å². The molecule has 6 nitrogen and oxygen atoms in total. The molecule has 2 aromatic rings. The third-order valence-electron chi connectivity index (χ3n) is 6.02. The summed E-state index contributed by atoms with van der Waals surface area (Å²) in [5, 5.41) is 2.38. The molecule has 2 atom stereocenters. The molecule has 2 aromatic carbocycles. The number of alkyl halides is 3. The van der Waals surface area contributed by atoms with Crippen molar-refractivity contribution in [3.63, 3.8) is 0 Å². The van der Waals surface area contributed by atoms with Gasteiger partial charge in [0.1, 0.15) is 11.8 Å². The minimum absolute atomic E-state index is 0.00953. The van der Waals surface area contributed by atoms with Gasteiger partial charge >= 0.3 is 6.36 Å². The van der Waals surface area contributed by atoms with Gasteiger partial charge in [0.2, 0.25) is 16.9 Å². The average Bonchev–Trinajstić information content (AvgIpc) is 3.17. The van der Waals surface area contributed by atoms with Crippen LogP contribution in [0.25, 0.3) is 0 Å². The van der Waals surface area contributed by atoms with Gasteiger partial charge in [0.25, 0.3) is 0 Å². The van der Waals surface area contributed by atoms with Crippen LogP contribution in [0.5, 0.6) is 5.75 Å². The first-order valence-corrected chi connectivity index (χ1v) is 12.9. The van der Waals surface area contributed by atoms with Gasteiger partial charge in [-0.25, -0.2) is 8.78 Å². The van der Waals surface area contributed by atoms with E-state index in [0.717, 1.165) is 30.0 Å². The van der Waals surface area contributed by atoms with Crippen LogP contribution in [-0.4, -0.2) is 40.3 Å². The molecule has 38 heavy (non-hydrogen) atoms. The van der Waals surface area contributed by atoms with Gasteiger partial charge in [-0.1, -0.05) is 49.9 Å². The highest BCUT2D eigenvalue weighted by molar-refractivity contribution is 8.13. The molecule has 1 N–H and O–H groups in total. The molecule has 1 fully saturated rings. The summed E-state index contributed by atoms with van der Waals surface area (Å²) in [4.78, 5) is 39.4. The molecule has 1 heterocycles. The van der Waals surface area contributed by atoms with Crippen LogP contribution in [0.2, 0.25) is 0 Å². The number of benzene rings is 2. The molecule has 12 heteroatoms. The molecular formula is C26H27F5N2O4S. The topological polar surface area (TPSA) is 75.7 Å². The lowest BCUT2D eigenvalue weighted by molar-refractivity contribution is -0.274. The Hall–Kier alpha value is -3.15. The van der Waals surface area contributed by atoms with Gasteiger partial charge in [0, 0.05) is 36.7 Å². The molecule has 0 radical (unpaired) electrons. The van der Waals surface area contributed by atoms with Crippen molar-refractivity contribution in [3.8, 4) is 5.75 Å². The summed E-state index contributed by atoms with van der Waals surface area (Å²) in [6.45, 7) is 3.34. The van der Waals surface area contributed by atoms with Crippen LogP contribution in [0.3, 0.4) is 0 Å². The van der Waals surface area contributed by atoms with E-state index in [1.54, 1.807) is 13.8 Å².